The van der Waals surface area contributed by atoms with Crippen LogP contribution >= 0.6 is 0 Å². The molecule has 0 heterocycles. The molecule has 3 heteroatoms. The monoisotopic (exact) mass is 193 g/mol. The van der Waals surface area contributed by atoms with E-state index in [1.165, 1.54) is 0 Å². The summed E-state index contributed by atoms with van der Waals surface area (Å²) in [5.74, 6) is 0.622. The Morgan fingerprint density at radius 1 is 1.43 bits per heavy atom. The molecule has 0 aliphatic heterocycles. The molecule has 1 aromatic rings. The van der Waals surface area contributed by atoms with Gasteiger partial charge in [-0.25, -0.2) is 0 Å². The fourth-order valence-electron chi connectivity index (χ4n) is 1.36. The van der Waals surface area contributed by atoms with Crippen molar-refractivity contribution in [2.45, 2.75) is 19.3 Å². The molecular formula is C11H15NO2. The molecule has 0 bridgehead atoms. The van der Waals surface area contributed by atoms with Crippen LogP contribution < -0.4 is 10.5 Å². The van der Waals surface area contributed by atoms with Crippen LogP contribution in [0.3, 0.4) is 0 Å². The second-order valence-electron chi connectivity index (χ2n) is 3.13. The van der Waals surface area contributed by atoms with Gasteiger partial charge in [-0.1, -0.05) is 18.2 Å². The topological polar surface area (TPSA) is 52.3 Å². The van der Waals surface area contributed by atoms with Crippen LogP contribution in [0.2, 0.25) is 0 Å². The summed E-state index contributed by atoms with van der Waals surface area (Å²) in [4.78, 5) is 10.5. The predicted molar refractivity (Wildman–Crippen MR) is 55.1 cm³/mol. The van der Waals surface area contributed by atoms with Gasteiger partial charge in [0.1, 0.15) is 5.75 Å². The van der Waals surface area contributed by atoms with Crippen LogP contribution in [0, 0.1) is 0 Å². The second-order valence-corrected chi connectivity index (χ2v) is 3.13. The molecule has 14 heavy (non-hydrogen) atoms. The molecule has 1 rings (SSSR count). The largest absolute Gasteiger partial charge is 0.496 e. The Bertz CT molecular complexity index is 310. The fraction of sp³-hybridized carbons (Fsp3) is 0.364. The molecule has 1 amide bonds. The van der Waals surface area contributed by atoms with Crippen molar-refractivity contribution < 1.29 is 9.53 Å². The third kappa shape index (κ3) is 3.09. The number of methoxy groups -OCH3 is 1. The number of ether oxygens (including phenoxy) is 1. The van der Waals surface area contributed by atoms with Gasteiger partial charge in [0.05, 0.1) is 7.11 Å². The second kappa shape index (κ2) is 5.27. The van der Waals surface area contributed by atoms with E-state index in [9.17, 15) is 4.79 Å². The van der Waals surface area contributed by atoms with Gasteiger partial charge in [0.2, 0.25) is 5.91 Å². The van der Waals surface area contributed by atoms with Crippen LogP contribution in [0.25, 0.3) is 0 Å². The molecule has 3 nitrogen and oxygen atoms in total. The van der Waals surface area contributed by atoms with E-state index in [1.54, 1.807) is 7.11 Å². The highest BCUT2D eigenvalue weighted by molar-refractivity contribution is 5.73. The normalized spacial score (nSPS) is 9.79. The number of nitrogens with two attached hydrogens (primary N) is 1. The van der Waals surface area contributed by atoms with Crippen LogP contribution in [-0.4, -0.2) is 13.0 Å². The summed E-state index contributed by atoms with van der Waals surface area (Å²) in [6.07, 6.45) is 2.03. The van der Waals surface area contributed by atoms with Crippen molar-refractivity contribution >= 4 is 5.91 Å². The number of amides is 1. The van der Waals surface area contributed by atoms with Gasteiger partial charge >= 0.3 is 0 Å². The van der Waals surface area contributed by atoms with E-state index in [4.69, 9.17) is 10.5 Å². The smallest absolute Gasteiger partial charge is 0.217 e. The van der Waals surface area contributed by atoms with Gasteiger partial charge in [0, 0.05) is 6.42 Å². The summed E-state index contributed by atoms with van der Waals surface area (Å²) in [6, 6.07) is 7.80. The zero-order valence-electron chi connectivity index (χ0n) is 8.32. The maximum absolute atomic E-state index is 10.5. The Kier molecular flexibility index (Phi) is 3.98. The highest BCUT2D eigenvalue weighted by atomic mass is 16.5. The number of benzene rings is 1. The van der Waals surface area contributed by atoms with E-state index >= 15 is 0 Å². The maximum Gasteiger partial charge on any atom is 0.217 e. The molecule has 0 spiro atoms. The van der Waals surface area contributed by atoms with E-state index in [2.05, 4.69) is 0 Å². The summed E-state index contributed by atoms with van der Waals surface area (Å²) >= 11 is 0. The number of para-hydroxylation sites is 1. The van der Waals surface area contributed by atoms with E-state index in [0.29, 0.717) is 6.42 Å². The summed E-state index contributed by atoms with van der Waals surface area (Å²) in [5, 5.41) is 0. The lowest BCUT2D eigenvalue weighted by molar-refractivity contribution is -0.118. The third-order valence-electron chi connectivity index (χ3n) is 2.06. The third-order valence-corrected chi connectivity index (χ3v) is 2.06. The molecule has 0 fully saturated rings. The molecule has 76 valence electrons. The first-order chi connectivity index (χ1) is 6.74. The molecule has 0 atom stereocenters. The standard InChI is InChI=1S/C11H15NO2/c1-14-10-7-3-2-5-9(10)6-4-8-11(12)13/h2-3,5,7H,4,6,8H2,1H3,(H2,12,13). The Labute approximate surface area is 83.9 Å². The Hall–Kier alpha value is -1.51. The van der Waals surface area contributed by atoms with Crippen molar-refractivity contribution in [2.24, 2.45) is 5.73 Å². The van der Waals surface area contributed by atoms with Gasteiger partial charge in [-0.15, -0.1) is 0 Å². The number of carbonyl (C=O) groups excluding carboxylic acids is 1. The van der Waals surface area contributed by atoms with Crippen LogP contribution in [0.15, 0.2) is 24.3 Å². The summed E-state index contributed by atoms with van der Waals surface area (Å²) in [6.45, 7) is 0. The summed E-state index contributed by atoms with van der Waals surface area (Å²) in [5.41, 5.74) is 6.18. The van der Waals surface area contributed by atoms with Crippen molar-refractivity contribution in [3.05, 3.63) is 29.8 Å². The fourth-order valence-corrected chi connectivity index (χ4v) is 1.36. The minimum Gasteiger partial charge on any atom is -0.496 e. The number of aryl methyl sites for hydroxylation is 1. The Morgan fingerprint density at radius 3 is 2.79 bits per heavy atom. The lowest BCUT2D eigenvalue weighted by Gasteiger charge is -2.06. The number of rotatable bonds is 5. The van der Waals surface area contributed by atoms with E-state index in [-0.39, 0.29) is 5.91 Å². The van der Waals surface area contributed by atoms with E-state index in [0.717, 1.165) is 24.2 Å². The number of carbonyl (C=O) groups is 1. The lowest BCUT2D eigenvalue weighted by Crippen LogP contribution is -2.10. The van der Waals surface area contributed by atoms with Crippen molar-refractivity contribution in [1.82, 2.24) is 0 Å². The molecule has 0 saturated carbocycles. The maximum atomic E-state index is 10.5. The molecule has 0 aliphatic carbocycles. The average molecular weight is 193 g/mol. The first kappa shape index (κ1) is 10.6. The van der Waals surface area contributed by atoms with E-state index < -0.39 is 0 Å². The van der Waals surface area contributed by atoms with Crippen LogP contribution in [0.4, 0.5) is 0 Å². The summed E-state index contributed by atoms with van der Waals surface area (Å²) < 4.78 is 5.19. The van der Waals surface area contributed by atoms with Gasteiger partial charge in [-0.3, -0.25) is 4.79 Å². The summed E-state index contributed by atoms with van der Waals surface area (Å²) in [7, 11) is 1.65. The van der Waals surface area contributed by atoms with Gasteiger partial charge in [-0.05, 0) is 24.5 Å². The number of hydrogen-bond acceptors (Lipinski definition) is 2. The number of primary amides is 1. The van der Waals surface area contributed by atoms with Crippen molar-refractivity contribution in [2.75, 3.05) is 7.11 Å². The molecule has 0 aliphatic rings. The number of hydrogen-bond donors (Lipinski definition) is 1. The zero-order valence-corrected chi connectivity index (χ0v) is 8.32. The van der Waals surface area contributed by atoms with Crippen molar-refractivity contribution in [3.63, 3.8) is 0 Å². The lowest BCUT2D eigenvalue weighted by atomic mass is 10.1. The SMILES string of the molecule is COc1ccccc1CCCC(N)=O. The minimum atomic E-state index is -0.250. The quantitative estimate of drug-likeness (QED) is 0.770. The molecular weight excluding hydrogens is 178 g/mol. The predicted octanol–water partition coefficient (Wildman–Crippen LogP) is 1.50. The van der Waals surface area contributed by atoms with E-state index in [1.807, 2.05) is 24.3 Å². The van der Waals surface area contributed by atoms with Crippen molar-refractivity contribution in [1.29, 1.82) is 0 Å². The van der Waals surface area contributed by atoms with Crippen molar-refractivity contribution in [3.8, 4) is 5.75 Å². The molecule has 0 unspecified atom stereocenters. The van der Waals surface area contributed by atoms with Crippen LogP contribution in [0.1, 0.15) is 18.4 Å². The molecule has 0 aromatic heterocycles. The molecule has 0 saturated heterocycles. The Morgan fingerprint density at radius 2 is 2.14 bits per heavy atom. The molecule has 2 N–H and O–H groups in total. The van der Waals surface area contributed by atoms with Crippen LogP contribution in [0.5, 0.6) is 5.75 Å². The van der Waals surface area contributed by atoms with Gasteiger partial charge in [-0.2, -0.15) is 0 Å². The molecule has 1 aromatic carbocycles. The highest BCUT2D eigenvalue weighted by Gasteiger charge is 2.01. The first-order valence-electron chi connectivity index (χ1n) is 4.64. The van der Waals surface area contributed by atoms with Crippen LogP contribution in [-0.2, 0) is 11.2 Å². The first-order valence-corrected chi connectivity index (χ1v) is 4.64. The average Bonchev–Trinajstić information content (AvgIpc) is 2.18. The van der Waals surface area contributed by atoms with Gasteiger partial charge in [0.25, 0.3) is 0 Å². The minimum absolute atomic E-state index is 0.250. The van der Waals surface area contributed by atoms with Gasteiger partial charge < -0.3 is 10.5 Å². The van der Waals surface area contributed by atoms with Gasteiger partial charge in [0.15, 0.2) is 0 Å². The Balaban J connectivity index is 2.53. The molecule has 0 radical (unpaired) electrons. The zero-order chi connectivity index (χ0) is 10.4. The highest BCUT2D eigenvalue weighted by Crippen LogP contribution is 2.19.